The van der Waals surface area contributed by atoms with E-state index in [-0.39, 0.29) is 24.4 Å². The van der Waals surface area contributed by atoms with E-state index in [4.69, 9.17) is 4.74 Å². The number of hydrogen-bond donors (Lipinski definition) is 0. The minimum absolute atomic E-state index is 0.00685. The van der Waals surface area contributed by atoms with Gasteiger partial charge in [-0.15, -0.1) is 0 Å². The normalized spacial score (nSPS) is 10.2. The van der Waals surface area contributed by atoms with Gasteiger partial charge < -0.3 is 9.47 Å². The van der Waals surface area contributed by atoms with Crippen molar-refractivity contribution in [2.75, 3.05) is 13.9 Å². The number of halogens is 2. The molecule has 0 amide bonds. The number of hydrogen-bond acceptors (Lipinski definition) is 3. The highest BCUT2D eigenvalue weighted by molar-refractivity contribution is 5.80. The molecule has 0 aromatic heterocycles. The molecule has 0 spiro atoms. The molecule has 0 atom stereocenters. The van der Waals surface area contributed by atoms with E-state index in [0.29, 0.717) is 6.42 Å². The van der Waals surface area contributed by atoms with Gasteiger partial charge in [-0.25, -0.2) is 8.78 Å². The third kappa shape index (κ3) is 2.36. The molecule has 0 aliphatic rings. The molecule has 0 radical (unpaired) electrons. The van der Waals surface area contributed by atoms with Crippen LogP contribution in [0.1, 0.15) is 22.8 Å². The van der Waals surface area contributed by atoms with Gasteiger partial charge in [-0.05, 0) is 18.1 Å². The summed E-state index contributed by atoms with van der Waals surface area (Å²) in [7, 11) is 1.39. The predicted octanol–water partition coefficient (Wildman–Crippen LogP) is 2.32. The second kappa shape index (κ2) is 5.55. The minimum atomic E-state index is -1.18. The number of aryl methyl sites for hydroxylation is 1. The van der Waals surface area contributed by atoms with Gasteiger partial charge >= 0.3 is 0 Å². The van der Waals surface area contributed by atoms with Gasteiger partial charge in [-0.1, -0.05) is 6.92 Å². The smallest absolute Gasteiger partial charge is 0.188 e. The van der Waals surface area contributed by atoms with E-state index in [0.717, 1.165) is 0 Å². The third-order valence-corrected chi connectivity index (χ3v) is 2.11. The van der Waals surface area contributed by atoms with Crippen molar-refractivity contribution in [2.24, 2.45) is 0 Å². The van der Waals surface area contributed by atoms with Crippen LogP contribution in [0.4, 0.5) is 8.78 Å². The van der Waals surface area contributed by atoms with Gasteiger partial charge in [0, 0.05) is 7.11 Å². The summed E-state index contributed by atoms with van der Waals surface area (Å²) >= 11 is 0. The van der Waals surface area contributed by atoms with Crippen molar-refractivity contribution in [2.45, 2.75) is 13.3 Å². The minimum Gasteiger partial charge on any atom is -0.467 e. The molecule has 1 aromatic carbocycles. The maximum atomic E-state index is 13.4. The van der Waals surface area contributed by atoms with Crippen molar-refractivity contribution in [3.8, 4) is 5.75 Å². The highest BCUT2D eigenvalue weighted by atomic mass is 19.2. The quantitative estimate of drug-likeness (QED) is 0.575. The summed E-state index contributed by atoms with van der Waals surface area (Å²) in [5.41, 5.74) is -0.263. The first-order valence-corrected chi connectivity index (χ1v) is 4.73. The van der Waals surface area contributed by atoms with E-state index in [1.165, 1.54) is 13.2 Å². The molecule has 5 heteroatoms. The van der Waals surface area contributed by atoms with Gasteiger partial charge in [0.15, 0.2) is 24.7 Å². The Morgan fingerprint density at radius 2 is 2.06 bits per heavy atom. The van der Waals surface area contributed by atoms with Gasteiger partial charge in [0.05, 0.1) is 5.56 Å². The largest absolute Gasteiger partial charge is 0.467 e. The van der Waals surface area contributed by atoms with E-state index in [2.05, 4.69) is 4.74 Å². The zero-order valence-electron chi connectivity index (χ0n) is 9.05. The summed E-state index contributed by atoms with van der Waals surface area (Å²) in [6.07, 6.45) is 0.536. The predicted molar refractivity (Wildman–Crippen MR) is 53.6 cm³/mol. The number of benzene rings is 1. The summed E-state index contributed by atoms with van der Waals surface area (Å²) in [5, 5.41) is 0. The summed E-state index contributed by atoms with van der Waals surface area (Å²) in [6, 6.07) is 1.31. The molecular formula is C11H12F2O3. The SMILES string of the molecule is CCc1cc(OCOC)c(C=O)c(F)c1F. The summed E-state index contributed by atoms with van der Waals surface area (Å²) < 4.78 is 36.4. The first-order chi connectivity index (χ1) is 7.65. The van der Waals surface area contributed by atoms with Gasteiger partial charge in [0.25, 0.3) is 0 Å². The summed E-state index contributed by atoms with van der Waals surface area (Å²) in [6.45, 7) is 1.55. The lowest BCUT2D eigenvalue weighted by molar-refractivity contribution is 0.0501. The Balaban J connectivity index is 3.23. The van der Waals surface area contributed by atoms with E-state index in [1.54, 1.807) is 6.92 Å². The van der Waals surface area contributed by atoms with E-state index < -0.39 is 17.2 Å². The van der Waals surface area contributed by atoms with Crippen LogP contribution < -0.4 is 4.74 Å². The van der Waals surface area contributed by atoms with E-state index in [9.17, 15) is 13.6 Å². The van der Waals surface area contributed by atoms with Crippen LogP contribution in [0.15, 0.2) is 6.07 Å². The van der Waals surface area contributed by atoms with Crippen molar-refractivity contribution in [1.29, 1.82) is 0 Å². The van der Waals surface area contributed by atoms with E-state index >= 15 is 0 Å². The standard InChI is InChI=1S/C11H12F2O3/c1-3-7-4-9(16-6-15-2)8(5-14)11(13)10(7)12/h4-5H,3,6H2,1-2H3. The molecule has 0 unspecified atom stereocenters. The molecule has 0 N–H and O–H groups in total. The molecule has 0 aliphatic heterocycles. The van der Waals surface area contributed by atoms with Gasteiger partial charge in [0.2, 0.25) is 0 Å². The zero-order chi connectivity index (χ0) is 12.1. The molecule has 0 bridgehead atoms. The lowest BCUT2D eigenvalue weighted by atomic mass is 10.1. The van der Waals surface area contributed by atoms with Crippen molar-refractivity contribution in [3.05, 3.63) is 28.8 Å². The highest BCUT2D eigenvalue weighted by Gasteiger charge is 2.18. The Bertz CT molecular complexity index is 391. The fraction of sp³-hybridized carbons (Fsp3) is 0.364. The molecule has 1 rings (SSSR count). The first kappa shape index (κ1) is 12.6. The summed E-state index contributed by atoms with van der Waals surface area (Å²) in [4.78, 5) is 10.6. The van der Waals surface area contributed by atoms with Crippen LogP contribution in [0.2, 0.25) is 0 Å². The molecule has 0 saturated heterocycles. The zero-order valence-corrected chi connectivity index (χ0v) is 9.05. The fourth-order valence-corrected chi connectivity index (χ4v) is 1.28. The second-order valence-corrected chi connectivity index (χ2v) is 3.10. The van der Waals surface area contributed by atoms with Crippen molar-refractivity contribution < 1.29 is 23.0 Å². The number of aldehydes is 1. The van der Waals surface area contributed by atoms with Crippen LogP contribution in [-0.2, 0) is 11.2 Å². The molecule has 1 aromatic rings. The molecule has 0 aliphatic carbocycles. The maximum absolute atomic E-state index is 13.4. The van der Waals surface area contributed by atoms with Crippen molar-refractivity contribution >= 4 is 6.29 Å². The topological polar surface area (TPSA) is 35.5 Å². The van der Waals surface area contributed by atoms with Crippen LogP contribution in [0.3, 0.4) is 0 Å². The summed E-state index contributed by atoms with van der Waals surface area (Å²) in [5.74, 6) is -2.19. The Labute approximate surface area is 92.0 Å². The second-order valence-electron chi connectivity index (χ2n) is 3.10. The number of carbonyl (C=O) groups is 1. The Morgan fingerprint density at radius 1 is 1.38 bits per heavy atom. The van der Waals surface area contributed by atoms with Crippen LogP contribution in [0.5, 0.6) is 5.75 Å². The number of rotatable bonds is 5. The van der Waals surface area contributed by atoms with Crippen LogP contribution in [0.25, 0.3) is 0 Å². The van der Waals surface area contributed by atoms with E-state index in [1.807, 2.05) is 0 Å². The van der Waals surface area contributed by atoms with Gasteiger partial charge in [0.1, 0.15) is 5.75 Å². The molecule has 16 heavy (non-hydrogen) atoms. The number of carbonyl (C=O) groups excluding carboxylic acids is 1. The first-order valence-electron chi connectivity index (χ1n) is 4.73. The molecule has 88 valence electrons. The number of ether oxygens (including phenoxy) is 2. The van der Waals surface area contributed by atoms with Gasteiger partial charge in [-0.2, -0.15) is 0 Å². The maximum Gasteiger partial charge on any atom is 0.188 e. The molecule has 0 fully saturated rings. The average molecular weight is 230 g/mol. The molecule has 0 saturated carbocycles. The monoisotopic (exact) mass is 230 g/mol. The van der Waals surface area contributed by atoms with Gasteiger partial charge in [-0.3, -0.25) is 4.79 Å². The van der Waals surface area contributed by atoms with Crippen LogP contribution in [0, 0.1) is 11.6 Å². The Morgan fingerprint density at radius 3 is 2.56 bits per heavy atom. The Kier molecular flexibility index (Phi) is 4.37. The van der Waals surface area contributed by atoms with Crippen LogP contribution >= 0.6 is 0 Å². The molecule has 0 heterocycles. The highest BCUT2D eigenvalue weighted by Crippen LogP contribution is 2.26. The van der Waals surface area contributed by atoms with Crippen LogP contribution in [-0.4, -0.2) is 20.2 Å². The fourth-order valence-electron chi connectivity index (χ4n) is 1.28. The van der Waals surface area contributed by atoms with Crippen molar-refractivity contribution in [1.82, 2.24) is 0 Å². The van der Waals surface area contributed by atoms with Crippen molar-refractivity contribution in [3.63, 3.8) is 0 Å². The number of methoxy groups -OCH3 is 1. The molecule has 3 nitrogen and oxygen atoms in total. The molecular weight excluding hydrogens is 218 g/mol. The average Bonchev–Trinajstić information content (AvgIpc) is 2.30. The third-order valence-electron chi connectivity index (χ3n) is 2.11. The lowest BCUT2D eigenvalue weighted by Crippen LogP contribution is -2.06. The lowest BCUT2D eigenvalue weighted by Gasteiger charge is -2.11. The Hall–Kier alpha value is -1.49.